The van der Waals surface area contributed by atoms with E-state index in [2.05, 4.69) is 21.1 Å². The number of benzene rings is 1. The molecule has 29 heavy (non-hydrogen) atoms. The van der Waals surface area contributed by atoms with E-state index < -0.39 is 11.7 Å². The minimum Gasteiger partial charge on any atom is -0.299 e. The third kappa shape index (κ3) is 4.23. The monoisotopic (exact) mass is 398 g/mol. The lowest BCUT2D eigenvalue weighted by Gasteiger charge is -2.15. The second-order valence-electron chi connectivity index (χ2n) is 7.49. The molecule has 1 aromatic carbocycles. The molecule has 1 aromatic heterocycles. The highest BCUT2D eigenvalue weighted by Gasteiger charge is 2.33. The molecule has 7 heteroatoms. The zero-order valence-corrected chi connectivity index (χ0v) is 16.2. The van der Waals surface area contributed by atoms with Crippen LogP contribution in [0.1, 0.15) is 22.7 Å². The van der Waals surface area contributed by atoms with Crippen molar-refractivity contribution < 1.29 is 13.2 Å². The Hall–Kier alpha value is -2.96. The van der Waals surface area contributed by atoms with Gasteiger partial charge in [0.2, 0.25) is 0 Å². The first kappa shape index (κ1) is 19.4. The number of pyridine rings is 1. The molecule has 0 radical (unpaired) electrons. The Morgan fingerprint density at radius 1 is 1.21 bits per heavy atom. The van der Waals surface area contributed by atoms with Crippen molar-refractivity contribution in [2.45, 2.75) is 25.4 Å². The van der Waals surface area contributed by atoms with Gasteiger partial charge in [-0.1, -0.05) is 12.1 Å². The van der Waals surface area contributed by atoms with E-state index in [0.29, 0.717) is 12.0 Å². The maximum absolute atomic E-state index is 13.1. The Labute approximate surface area is 167 Å². The zero-order valence-electron chi connectivity index (χ0n) is 16.2. The second-order valence-corrected chi connectivity index (χ2v) is 7.49. The van der Waals surface area contributed by atoms with Crippen LogP contribution >= 0.6 is 0 Å². The van der Waals surface area contributed by atoms with Gasteiger partial charge in [0.1, 0.15) is 0 Å². The van der Waals surface area contributed by atoms with E-state index in [1.165, 1.54) is 17.9 Å². The summed E-state index contributed by atoms with van der Waals surface area (Å²) in [5.74, 6) is 0.202. The Morgan fingerprint density at radius 2 is 2.03 bits per heavy atom. The fraction of sp³-hybridized carbons (Fsp3) is 0.318. The molecule has 0 N–H and O–H groups in total. The van der Waals surface area contributed by atoms with Gasteiger partial charge >= 0.3 is 6.18 Å². The lowest BCUT2D eigenvalue weighted by atomic mass is 9.94. The molecule has 0 saturated carbocycles. The summed E-state index contributed by atoms with van der Waals surface area (Å²) < 4.78 is 39.3. The largest absolute Gasteiger partial charge is 0.414 e. The summed E-state index contributed by atoms with van der Waals surface area (Å²) in [5, 5.41) is 7.29. The highest BCUT2D eigenvalue weighted by atomic mass is 19.4. The summed E-state index contributed by atoms with van der Waals surface area (Å²) in [4.78, 5) is 8.47. The Morgan fingerprint density at radius 3 is 2.76 bits per heavy atom. The van der Waals surface area contributed by atoms with Crippen LogP contribution in [-0.2, 0) is 6.42 Å². The lowest BCUT2D eigenvalue weighted by Crippen LogP contribution is -2.14. The standard InChI is InChI=1S/C22H21F3N4/c1-14-7-20(17-11-27-29(2)13-17)19-4-3-15(10-21(19)28-14)8-16-5-6-26-12-18(9-16)22(23,24)25/h3-7,9-11,17H,8,12-13H2,1-2H3. The van der Waals surface area contributed by atoms with Crippen molar-refractivity contribution in [3.05, 3.63) is 64.4 Å². The summed E-state index contributed by atoms with van der Waals surface area (Å²) in [5.41, 5.74) is 3.80. The van der Waals surface area contributed by atoms with Crippen molar-refractivity contribution >= 4 is 23.3 Å². The average Bonchev–Trinajstić information content (AvgIpc) is 2.93. The lowest BCUT2D eigenvalue weighted by molar-refractivity contribution is -0.0921. The number of aliphatic imine (C=N–C) groups is 1. The molecule has 4 rings (SSSR count). The van der Waals surface area contributed by atoms with Gasteiger partial charge in [-0.05, 0) is 54.3 Å². The predicted molar refractivity (Wildman–Crippen MR) is 110 cm³/mol. The average molecular weight is 398 g/mol. The first-order valence-electron chi connectivity index (χ1n) is 9.42. The number of rotatable bonds is 3. The van der Waals surface area contributed by atoms with Crippen LogP contribution in [0.15, 0.2) is 57.7 Å². The Bertz CT molecular complexity index is 1060. The maximum Gasteiger partial charge on any atom is 0.414 e. The number of aryl methyl sites for hydroxylation is 1. The first-order chi connectivity index (χ1) is 13.8. The van der Waals surface area contributed by atoms with Crippen molar-refractivity contribution in [3.63, 3.8) is 0 Å². The molecule has 2 aromatic rings. The summed E-state index contributed by atoms with van der Waals surface area (Å²) >= 11 is 0. The molecule has 0 bridgehead atoms. The van der Waals surface area contributed by atoms with Crippen molar-refractivity contribution in [1.82, 2.24) is 9.99 Å². The maximum atomic E-state index is 13.1. The van der Waals surface area contributed by atoms with Gasteiger partial charge < -0.3 is 0 Å². The number of hydrogen-bond acceptors (Lipinski definition) is 4. The minimum absolute atomic E-state index is 0.202. The van der Waals surface area contributed by atoms with Crippen LogP contribution in [0, 0.1) is 6.92 Å². The van der Waals surface area contributed by atoms with Crippen molar-refractivity contribution in [1.29, 1.82) is 0 Å². The van der Waals surface area contributed by atoms with Crippen molar-refractivity contribution in [2.75, 3.05) is 20.1 Å². The number of hydrogen-bond donors (Lipinski definition) is 0. The van der Waals surface area contributed by atoms with Crippen molar-refractivity contribution in [3.8, 4) is 0 Å². The Kier molecular flexibility index (Phi) is 4.98. The molecule has 3 heterocycles. The summed E-state index contributed by atoms with van der Waals surface area (Å²) in [6, 6.07) is 8.02. The van der Waals surface area contributed by atoms with E-state index in [9.17, 15) is 13.2 Å². The number of halogens is 3. The van der Waals surface area contributed by atoms with Gasteiger partial charge in [-0.15, -0.1) is 0 Å². The third-order valence-electron chi connectivity index (χ3n) is 5.13. The smallest absolute Gasteiger partial charge is 0.299 e. The molecule has 2 aliphatic heterocycles. The number of fused-ring (bicyclic) bond motifs is 1. The molecule has 0 aliphatic carbocycles. The van der Waals surface area contributed by atoms with Crippen LogP contribution in [0.4, 0.5) is 13.2 Å². The first-order valence-corrected chi connectivity index (χ1v) is 9.42. The van der Waals surface area contributed by atoms with Gasteiger partial charge in [0.15, 0.2) is 0 Å². The van der Waals surface area contributed by atoms with Crippen LogP contribution in [0.3, 0.4) is 0 Å². The molecule has 2 aliphatic rings. The molecular weight excluding hydrogens is 377 g/mol. The van der Waals surface area contributed by atoms with E-state index in [1.54, 1.807) is 6.08 Å². The van der Waals surface area contributed by atoms with E-state index in [-0.39, 0.29) is 12.5 Å². The second kappa shape index (κ2) is 7.46. The highest BCUT2D eigenvalue weighted by molar-refractivity contribution is 5.88. The van der Waals surface area contributed by atoms with Crippen molar-refractivity contribution in [2.24, 2.45) is 10.1 Å². The van der Waals surface area contributed by atoms with Gasteiger partial charge in [0.25, 0.3) is 0 Å². The SMILES string of the molecule is Cc1cc(C2C=NN(C)C2)c2ccc(CC3=CC=NCC(C(F)(F)F)=C3)cc2n1. The van der Waals surface area contributed by atoms with Gasteiger partial charge in [-0.2, -0.15) is 18.3 Å². The van der Waals surface area contributed by atoms with Crippen LogP contribution in [0.2, 0.25) is 0 Å². The fourth-order valence-electron chi connectivity index (χ4n) is 3.74. The van der Waals surface area contributed by atoms with E-state index in [0.717, 1.165) is 28.7 Å². The Balaban J connectivity index is 1.67. The quantitative estimate of drug-likeness (QED) is 0.758. The molecule has 0 saturated heterocycles. The molecule has 150 valence electrons. The topological polar surface area (TPSA) is 40.9 Å². The number of alkyl halides is 3. The minimum atomic E-state index is -4.37. The van der Waals surface area contributed by atoms with Crippen LogP contribution in [-0.4, -0.2) is 48.7 Å². The van der Waals surface area contributed by atoms with Crippen LogP contribution in [0.25, 0.3) is 10.9 Å². The van der Waals surface area contributed by atoms with Gasteiger partial charge in [0.05, 0.1) is 17.6 Å². The molecule has 1 unspecified atom stereocenters. The third-order valence-corrected chi connectivity index (χ3v) is 5.13. The van der Waals surface area contributed by atoms with E-state index in [1.807, 2.05) is 43.4 Å². The summed E-state index contributed by atoms with van der Waals surface area (Å²) in [6.07, 6.45) is 2.26. The van der Waals surface area contributed by atoms with E-state index in [4.69, 9.17) is 0 Å². The molecule has 0 amide bonds. The summed E-state index contributed by atoms with van der Waals surface area (Å²) in [7, 11) is 1.94. The van der Waals surface area contributed by atoms with Crippen LogP contribution < -0.4 is 0 Å². The van der Waals surface area contributed by atoms with Gasteiger partial charge in [0, 0.05) is 43.0 Å². The molecule has 1 atom stereocenters. The number of hydrazone groups is 1. The van der Waals surface area contributed by atoms with Gasteiger partial charge in [-0.3, -0.25) is 15.0 Å². The molecular formula is C22H21F3N4. The molecule has 4 nitrogen and oxygen atoms in total. The number of nitrogens with zero attached hydrogens (tertiary/aromatic N) is 4. The molecule has 0 spiro atoms. The van der Waals surface area contributed by atoms with E-state index >= 15 is 0 Å². The number of aromatic nitrogens is 1. The normalized spacial score (nSPS) is 19.5. The van der Waals surface area contributed by atoms with Gasteiger partial charge in [-0.25, -0.2) is 0 Å². The predicted octanol–water partition coefficient (Wildman–Crippen LogP) is 4.60. The zero-order chi connectivity index (χ0) is 20.6. The summed E-state index contributed by atoms with van der Waals surface area (Å²) in [6.45, 7) is 2.42. The molecule has 0 fully saturated rings. The van der Waals surface area contributed by atoms with Crippen LogP contribution in [0.5, 0.6) is 0 Å². The highest BCUT2D eigenvalue weighted by Crippen LogP contribution is 2.30. The number of allylic oxidation sites excluding steroid dienone is 3. The number of likely N-dealkylation sites (N-methyl/N-ethyl adjacent to an activating group) is 1. The fourth-order valence-corrected chi connectivity index (χ4v) is 3.74.